The van der Waals surface area contributed by atoms with Crippen molar-refractivity contribution < 1.29 is 22.7 Å². The van der Waals surface area contributed by atoms with E-state index in [0.717, 1.165) is 61.5 Å². The normalized spacial score (nSPS) is 30.9. The molecule has 7 nitrogen and oxygen atoms in total. The third-order valence-electron chi connectivity index (χ3n) is 7.00. The van der Waals surface area contributed by atoms with Crippen LogP contribution in [0.1, 0.15) is 51.1 Å². The second-order valence-corrected chi connectivity index (χ2v) is 9.39. The summed E-state index contributed by atoms with van der Waals surface area (Å²) in [5, 5.41) is 6.96. The molecule has 5 rings (SSSR count). The molecular formula is C20H23ClF3N5O2. The number of amides is 2. The molecule has 168 valence electrons. The van der Waals surface area contributed by atoms with Gasteiger partial charge in [0, 0.05) is 25.3 Å². The molecule has 2 fully saturated rings. The van der Waals surface area contributed by atoms with Crippen LogP contribution in [-0.2, 0) is 10.2 Å². The number of fused-ring (bicyclic) bond motifs is 3. The van der Waals surface area contributed by atoms with Gasteiger partial charge in [-0.3, -0.25) is 4.90 Å². The molecule has 31 heavy (non-hydrogen) atoms. The first-order chi connectivity index (χ1) is 14.6. The quantitative estimate of drug-likeness (QED) is 0.695. The summed E-state index contributed by atoms with van der Waals surface area (Å²) in [5.41, 5.74) is -2.21. The number of nitrogens with one attached hydrogen (secondary N) is 1. The van der Waals surface area contributed by atoms with Gasteiger partial charge >= 0.3 is 12.2 Å². The highest BCUT2D eigenvalue weighted by molar-refractivity contribution is 6.29. The van der Waals surface area contributed by atoms with Crippen LogP contribution in [0.15, 0.2) is 12.3 Å². The highest BCUT2D eigenvalue weighted by Gasteiger charge is 2.60. The topological polar surface area (TPSA) is 71.8 Å². The predicted octanol–water partition coefficient (Wildman–Crippen LogP) is 4.22. The van der Waals surface area contributed by atoms with E-state index in [-0.39, 0.29) is 33.8 Å². The third-order valence-corrected chi connectivity index (χ3v) is 7.19. The van der Waals surface area contributed by atoms with E-state index in [1.807, 2.05) is 0 Å². The van der Waals surface area contributed by atoms with E-state index in [4.69, 9.17) is 16.3 Å². The number of aromatic nitrogens is 3. The molecule has 1 aliphatic carbocycles. The summed E-state index contributed by atoms with van der Waals surface area (Å²) in [5.74, 6) is 0. The lowest BCUT2D eigenvalue weighted by Gasteiger charge is -2.37. The summed E-state index contributed by atoms with van der Waals surface area (Å²) in [6.45, 7) is 1.31. The monoisotopic (exact) mass is 457 g/mol. The van der Waals surface area contributed by atoms with E-state index in [9.17, 15) is 18.0 Å². The van der Waals surface area contributed by atoms with Gasteiger partial charge < -0.3 is 10.1 Å². The molecule has 1 N–H and O–H groups in total. The number of carbonyl (C=O) groups is 1. The maximum atomic E-state index is 14.2. The Morgan fingerprint density at radius 1 is 1.32 bits per heavy atom. The minimum absolute atomic E-state index is 0.0404. The Bertz CT molecular complexity index is 1030. The van der Waals surface area contributed by atoms with Crippen LogP contribution in [0.3, 0.4) is 0 Å². The summed E-state index contributed by atoms with van der Waals surface area (Å²) in [7, 11) is 0. The molecule has 0 unspecified atom stereocenters. The zero-order valence-electron chi connectivity index (χ0n) is 17.0. The number of anilines is 1. The van der Waals surface area contributed by atoms with Crippen LogP contribution in [-0.4, -0.2) is 51.6 Å². The minimum atomic E-state index is -4.60. The highest BCUT2D eigenvalue weighted by Crippen LogP contribution is 2.50. The van der Waals surface area contributed by atoms with Crippen molar-refractivity contribution in [1.29, 1.82) is 0 Å². The predicted molar refractivity (Wildman–Crippen MR) is 107 cm³/mol. The largest absolute Gasteiger partial charge is 0.401 e. The summed E-state index contributed by atoms with van der Waals surface area (Å²) in [6.07, 6.45) is 1.97. The Morgan fingerprint density at radius 2 is 2.06 bits per heavy atom. The number of hydrogen-bond acceptors (Lipinski definition) is 4. The Labute approximate surface area is 181 Å². The van der Waals surface area contributed by atoms with Crippen molar-refractivity contribution in [3.63, 3.8) is 0 Å². The second-order valence-electron chi connectivity index (χ2n) is 9.00. The molecule has 2 aromatic heterocycles. The number of ether oxygens (including phenoxy) is 1. The fourth-order valence-electron chi connectivity index (χ4n) is 5.18. The SMILES string of the molecule is C[C@@]1(C(F)(F)F)CN(C(=O)NC2CCC3(CCCO3)CC2)c2cnc3cc(Cl)nn3c21. The van der Waals surface area contributed by atoms with Gasteiger partial charge in [-0.2, -0.15) is 18.3 Å². The van der Waals surface area contributed by atoms with E-state index in [1.54, 1.807) is 0 Å². The van der Waals surface area contributed by atoms with Gasteiger partial charge in [0.15, 0.2) is 10.8 Å². The number of urea groups is 1. The number of rotatable bonds is 1. The molecule has 1 saturated carbocycles. The van der Waals surface area contributed by atoms with Gasteiger partial charge in [-0.05, 0) is 45.4 Å². The Balaban J connectivity index is 1.42. The van der Waals surface area contributed by atoms with Crippen molar-refractivity contribution in [2.45, 2.75) is 68.7 Å². The zero-order valence-corrected chi connectivity index (χ0v) is 17.8. The zero-order chi connectivity index (χ0) is 22.0. The summed E-state index contributed by atoms with van der Waals surface area (Å²) in [4.78, 5) is 18.4. The average molecular weight is 458 g/mol. The van der Waals surface area contributed by atoms with Crippen LogP contribution in [0, 0.1) is 0 Å². The Hall–Kier alpha value is -2.07. The molecule has 3 aliphatic rings. The summed E-state index contributed by atoms with van der Waals surface area (Å²) in [6, 6.07) is 0.742. The van der Waals surface area contributed by atoms with E-state index >= 15 is 0 Å². The van der Waals surface area contributed by atoms with Crippen LogP contribution in [0.5, 0.6) is 0 Å². The molecular weight excluding hydrogens is 435 g/mol. The smallest absolute Gasteiger partial charge is 0.375 e. The van der Waals surface area contributed by atoms with Crippen molar-refractivity contribution in [3.8, 4) is 0 Å². The van der Waals surface area contributed by atoms with Gasteiger partial charge in [0.1, 0.15) is 5.41 Å². The van der Waals surface area contributed by atoms with Gasteiger partial charge in [-0.1, -0.05) is 11.6 Å². The summed E-state index contributed by atoms with van der Waals surface area (Å²) >= 11 is 5.91. The van der Waals surface area contributed by atoms with E-state index in [0.29, 0.717) is 0 Å². The lowest BCUT2D eigenvalue weighted by molar-refractivity contribution is -0.181. The van der Waals surface area contributed by atoms with E-state index in [1.165, 1.54) is 12.3 Å². The van der Waals surface area contributed by atoms with E-state index in [2.05, 4.69) is 15.4 Å². The molecule has 1 saturated heterocycles. The molecule has 2 aliphatic heterocycles. The molecule has 0 radical (unpaired) electrons. The average Bonchev–Trinajstić information content (AvgIpc) is 3.39. The molecule has 1 spiro atoms. The summed E-state index contributed by atoms with van der Waals surface area (Å²) < 4.78 is 49.5. The third kappa shape index (κ3) is 3.26. The molecule has 0 bridgehead atoms. The number of alkyl halides is 3. The molecule has 4 heterocycles. The fourth-order valence-corrected chi connectivity index (χ4v) is 5.36. The van der Waals surface area contributed by atoms with Crippen LogP contribution < -0.4 is 10.2 Å². The van der Waals surface area contributed by atoms with Crippen molar-refractivity contribution in [2.75, 3.05) is 18.1 Å². The standard InChI is InChI=1S/C20H23ClF3N5O2/c1-18(20(22,23)24)11-28(13-10-25-15-9-14(21)27-29(15)16(13)18)17(30)26-12-3-6-19(7-4-12)5-2-8-31-19/h9-10,12H,2-8,11H2,1H3,(H,26,30)/t12?,18-,19?/m1/s1. The highest BCUT2D eigenvalue weighted by atomic mass is 35.5. The maximum absolute atomic E-state index is 14.2. The lowest BCUT2D eigenvalue weighted by atomic mass is 9.80. The van der Waals surface area contributed by atoms with Gasteiger partial charge in [-0.25, -0.2) is 14.3 Å². The van der Waals surface area contributed by atoms with Crippen molar-refractivity contribution >= 4 is 29.0 Å². The van der Waals surface area contributed by atoms with Crippen LogP contribution in [0.25, 0.3) is 5.65 Å². The van der Waals surface area contributed by atoms with Gasteiger partial charge in [0.05, 0.1) is 23.2 Å². The Morgan fingerprint density at radius 3 is 2.71 bits per heavy atom. The van der Waals surface area contributed by atoms with Crippen LogP contribution in [0.2, 0.25) is 5.15 Å². The molecule has 2 aromatic rings. The van der Waals surface area contributed by atoms with Crippen molar-refractivity contribution in [2.24, 2.45) is 0 Å². The fraction of sp³-hybridized carbons (Fsp3) is 0.650. The number of halogens is 4. The maximum Gasteiger partial charge on any atom is 0.401 e. The Kier molecular flexibility index (Phi) is 4.68. The molecule has 0 aromatic carbocycles. The van der Waals surface area contributed by atoms with E-state index < -0.39 is 24.2 Å². The van der Waals surface area contributed by atoms with Gasteiger partial charge in [0.25, 0.3) is 0 Å². The van der Waals surface area contributed by atoms with Gasteiger partial charge in [-0.15, -0.1) is 0 Å². The second kappa shape index (κ2) is 6.96. The number of hydrogen-bond donors (Lipinski definition) is 1. The minimum Gasteiger partial charge on any atom is -0.375 e. The number of nitrogens with zero attached hydrogens (tertiary/aromatic N) is 4. The van der Waals surface area contributed by atoms with Crippen molar-refractivity contribution in [3.05, 3.63) is 23.1 Å². The lowest BCUT2D eigenvalue weighted by Crippen LogP contribution is -2.51. The molecule has 11 heteroatoms. The molecule has 2 amide bonds. The first kappa shape index (κ1) is 20.8. The van der Waals surface area contributed by atoms with Crippen LogP contribution >= 0.6 is 11.6 Å². The number of carbonyl (C=O) groups excluding carboxylic acids is 1. The van der Waals surface area contributed by atoms with Crippen LogP contribution in [0.4, 0.5) is 23.7 Å². The van der Waals surface area contributed by atoms with Crippen molar-refractivity contribution in [1.82, 2.24) is 19.9 Å². The first-order valence-corrected chi connectivity index (χ1v) is 10.8. The van der Waals surface area contributed by atoms with Gasteiger partial charge in [0.2, 0.25) is 0 Å². The first-order valence-electron chi connectivity index (χ1n) is 10.5. The molecule has 1 atom stereocenters.